The van der Waals surface area contributed by atoms with Crippen LogP contribution in [0.5, 0.6) is 0 Å². The average Bonchev–Trinajstić information content (AvgIpc) is 3.03. The largest absolute Gasteiger partial charge is 0.370 e. The number of primary amides is 1. The first kappa shape index (κ1) is 19.9. The first-order valence-electron chi connectivity index (χ1n) is 8.86. The van der Waals surface area contributed by atoms with Gasteiger partial charge in [0.1, 0.15) is 5.82 Å². The number of aromatic nitrogens is 1. The smallest absolute Gasteiger partial charge is 0.233 e. The second-order valence-electron chi connectivity index (χ2n) is 6.99. The molecular weight excluding hydrogens is 381 g/mol. The average molecular weight is 403 g/mol. The van der Waals surface area contributed by atoms with E-state index in [9.17, 15) is 17.6 Å². The molecule has 6 nitrogen and oxygen atoms in total. The molecule has 0 aliphatic carbocycles. The molecule has 0 aliphatic heterocycles. The van der Waals surface area contributed by atoms with E-state index in [0.717, 1.165) is 22.1 Å². The second-order valence-corrected chi connectivity index (χ2v) is 8.83. The lowest BCUT2D eigenvalue weighted by Crippen LogP contribution is -2.22. The van der Waals surface area contributed by atoms with Crippen LogP contribution in [-0.2, 0) is 14.8 Å². The Hall–Kier alpha value is -2.87. The quantitative estimate of drug-likeness (QED) is 0.560. The molecule has 1 heterocycles. The molecule has 0 aliphatic rings. The number of carbonyl (C=O) groups excluding carboxylic acids is 1. The van der Waals surface area contributed by atoms with Gasteiger partial charge in [0.2, 0.25) is 15.9 Å². The van der Waals surface area contributed by atoms with Crippen molar-refractivity contribution in [3.63, 3.8) is 0 Å². The van der Waals surface area contributed by atoms with Gasteiger partial charge in [-0.05, 0) is 47.4 Å². The predicted molar refractivity (Wildman–Crippen MR) is 109 cm³/mol. The highest BCUT2D eigenvalue weighted by molar-refractivity contribution is 7.92. The third-order valence-corrected chi connectivity index (χ3v) is 5.78. The summed E-state index contributed by atoms with van der Waals surface area (Å²) < 4.78 is 40.5. The van der Waals surface area contributed by atoms with Crippen LogP contribution in [0, 0.1) is 5.82 Å². The maximum absolute atomic E-state index is 13.4. The number of benzene rings is 2. The van der Waals surface area contributed by atoms with Crippen molar-refractivity contribution in [2.24, 2.45) is 5.73 Å². The van der Waals surface area contributed by atoms with Gasteiger partial charge in [-0.15, -0.1) is 0 Å². The minimum atomic E-state index is -3.69. The van der Waals surface area contributed by atoms with E-state index >= 15 is 0 Å². The molecule has 0 saturated heterocycles. The molecule has 28 heavy (non-hydrogen) atoms. The minimum absolute atomic E-state index is 0.0523. The molecule has 0 atom stereocenters. The number of rotatable bonds is 7. The van der Waals surface area contributed by atoms with Crippen LogP contribution in [0.4, 0.5) is 10.1 Å². The van der Waals surface area contributed by atoms with Crippen molar-refractivity contribution in [3.05, 3.63) is 54.0 Å². The molecule has 4 N–H and O–H groups in total. The molecule has 0 unspecified atom stereocenters. The molecule has 0 saturated carbocycles. The highest BCUT2D eigenvalue weighted by Crippen LogP contribution is 2.34. The van der Waals surface area contributed by atoms with Crippen molar-refractivity contribution in [3.8, 4) is 11.1 Å². The Morgan fingerprint density at radius 1 is 1.21 bits per heavy atom. The minimum Gasteiger partial charge on any atom is -0.370 e. The number of anilines is 1. The fourth-order valence-corrected chi connectivity index (χ4v) is 4.18. The number of carbonyl (C=O) groups is 1. The monoisotopic (exact) mass is 403 g/mol. The van der Waals surface area contributed by atoms with Crippen molar-refractivity contribution in [1.29, 1.82) is 0 Å². The van der Waals surface area contributed by atoms with Crippen LogP contribution in [0.2, 0.25) is 0 Å². The third kappa shape index (κ3) is 4.33. The van der Waals surface area contributed by atoms with Crippen LogP contribution in [-0.4, -0.2) is 25.1 Å². The summed E-state index contributed by atoms with van der Waals surface area (Å²) in [6.07, 6.45) is 1.57. The fraction of sp³-hybridized carbons (Fsp3) is 0.250. The summed E-state index contributed by atoms with van der Waals surface area (Å²) in [5.74, 6) is -1.29. The van der Waals surface area contributed by atoms with Crippen LogP contribution in [0.15, 0.2) is 42.6 Å². The van der Waals surface area contributed by atoms with Gasteiger partial charge in [-0.3, -0.25) is 9.52 Å². The van der Waals surface area contributed by atoms with Crippen molar-refractivity contribution >= 4 is 32.5 Å². The van der Waals surface area contributed by atoms with Crippen LogP contribution >= 0.6 is 0 Å². The third-order valence-electron chi connectivity index (χ3n) is 4.51. The number of sulfonamides is 1. The summed E-state index contributed by atoms with van der Waals surface area (Å²) >= 11 is 0. The Kier molecular flexibility index (Phi) is 5.42. The number of nitrogens with two attached hydrogens (primary N) is 1. The van der Waals surface area contributed by atoms with E-state index in [1.165, 1.54) is 12.1 Å². The lowest BCUT2D eigenvalue weighted by molar-refractivity contribution is -0.117. The molecule has 0 bridgehead atoms. The Balaban J connectivity index is 1.98. The summed E-state index contributed by atoms with van der Waals surface area (Å²) in [6, 6.07) is 9.99. The summed E-state index contributed by atoms with van der Waals surface area (Å²) in [4.78, 5) is 13.9. The van der Waals surface area contributed by atoms with Crippen LogP contribution in [0.3, 0.4) is 0 Å². The SMILES string of the molecule is CC(C)c1cc(-c2c[nH]c3cc(F)ccc23)ccc1NS(=O)(=O)CCC(N)=O. The van der Waals surface area contributed by atoms with Gasteiger partial charge in [0.05, 0.1) is 11.4 Å². The molecule has 0 fully saturated rings. The number of H-pyrrole nitrogens is 1. The van der Waals surface area contributed by atoms with E-state index in [-0.39, 0.29) is 23.9 Å². The predicted octanol–water partition coefficient (Wildman–Crippen LogP) is 3.71. The van der Waals surface area contributed by atoms with Gasteiger partial charge in [0.15, 0.2) is 0 Å². The number of halogens is 1. The molecule has 1 aromatic heterocycles. The normalized spacial score (nSPS) is 11.9. The number of aromatic amines is 1. The number of nitrogens with one attached hydrogen (secondary N) is 2. The lowest BCUT2D eigenvalue weighted by atomic mass is 9.95. The van der Waals surface area contributed by atoms with E-state index in [4.69, 9.17) is 5.73 Å². The first-order valence-corrected chi connectivity index (χ1v) is 10.5. The number of hydrogen-bond acceptors (Lipinski definition) is 3. The topological polar surface area (TPSA) is 105 Å². The fourth-order valence-electron chi connectivity index (χ4n) is 3.09. The zero-order valence-corrected chi connectivity index (χ0v) is 16.4. The molecular formula is C20H22FN3O3S. The van der Waals surface area contributed by atoms with E-state index in [1.54, 1.807) is 18.3 Å². The van der Waals surface area contributed by atoms with Crippen LogP contribution < -0.4 is 10.5 Å². The molecule has 1 amide bonds. The molecule has 3 aromatic rings. The number of fused-ring (bicyclic) bond motifs is 1. The Bertz CT molecular complexity index is 1140. The standard InChI is InChI=1S/C20H22FN3O3S/c1-12(2)16-9-13(17-11-23-19-10-14(21)4-5-15(17)19)3-6-18(16)24-28(26,27)8-7-20(22)25/h3-6,9-12,23-24H,7-8H2,1-2H3,(H2,22,25). The highest BCUT2D eigenvalue weighted by Gasteiger charge is 2.17. The molecule has 2 aromatic carbocycles. The number of amides is 1. The van der Waals surface area contributed by atoms with Gasteiger partial charge < -0.3 is 10.7 Å². The molecule has 8 heteroatoms. The van der Waals surface area contributed by atoms with Crippen molar-refractivity contribution in [1.82, 2.24) is 4.98 Å². The van der Waals surface area contributed by atoms with Crippen LogP contribution in [0.25, 0.3) is 22.0 Å². The van der Waals surface area contributed by atoms with E-state index in [0.29, 0.717) is 11.2 Å². The molecule has 0 spiro atoms. The first-order chi connectivity index (χ1) is 13.2. The zero-order chi connectivity index (χ0) is 20.5. The Morgan fingerprint density at radius 3 is 2.64 bits per heavy atom. The molecule has 148 valence electrons. The second kappa shape index (κ2) is 7.63. The van der Waals surface area contributed by atoms with E-state index < -0.39 is 15.9 Å². The molecule has 3 rings (SSSR count). The van der Waals surface area contributed by atoms with Gasteiger partial charge in [-0.2, -0.15) is 0 Å². The van der Waals surface area contributed by atoms with Crippen molar-refractivity contribution in [2.45, 2.75) is 26.2 Å². The van der Waals surface area contributed by atoms with E-state index in [2.05, 4.69) is 9.71 Å². The zero-order valence-electron chi connectivity index (χ0n) is 15.6. The summed E-state index contributed by atoms with van der Waals surface area (Å²) in [5, 5.41) is 0.880. The van der Waals surface area contributed by atoms with Gasteiger partial charge >= 0.3 is 0 Å². The Labute approximate surface area is 163 Å². The summed E-state index contributed by atoms with van der Waals surface area (Å²) in [6.45, 7) is 3.93. The molecule has 0 radical (unpaired) electrons. The number of hydrogen-bond donors (Lipinski definition) is 3. The van der Waals surface area contributed by atoms with Gasteiger partial charge in [0.25, 0.3) is 0 Å². The van der Waals surface area contributed by atoms with Gasteiger partial charge in [-0.1, -0.05) is 19.9 Å². The lowest BCUT2D eigenvalue weighted by Gasteiger charge is -2.16. The summed E-state index contributed by atoms with van der Waals surface area (Å²) in [7, 11) is -3.69. The summed E-state index contributed by atoms with van der Waals surface area (Å²) in [5.41, 5.74) is 8.81. The van der Waals surface area contributed by atoms with Crippen LogP contribution in [0.1, 0.15) is 31.7 Å². The van der Waals surface area contributed by atoms with Crippen molar-refractivity contribution < 1.29 is 17.6 Å². The van der Waals surface area contributed by atoms with Gasteiger partial charge in [0, 0.05) is 29.1 Å². The highest BCUT2D eigenvalue weighted by atomic mass is 32.2. The van der Waals surface area contributed by atoms with Crippen molar-refractivity contribution in [2.75, 3.05) is 10.5 Å². The van der Waals surface area contributed by atoms with Gasteiger partial charge in [-0.25, -0.2) is 12.8 Å². The van der Waals surface area contributed by atoms with E-state index in [1.807, 2.05) is 26.0 Å². The Morgan fingerprint density at radius 2 is 1.96 bits per heavy atom. The maximum atomic E-state index is 13.4. The maximum Gasteiger partial charge on any atom is 0.233 e.